The first-order chi connectivity index (χ1) is 4.92. The fourth-order valence-corrected chi connectivity index (χ4v) is 3.26. The number of rotatable bonds is 1. The Hall–Kier alpha value is 0.180. The third-order valence-electron chi connectivity index (χ3n) is 2.91. The minimum Gasteiger partial charge on any atom is -0.305 e. The molecule has 1 heterocycles. The van der Waals surface area contributed by atoms with E-state index in [1.165, 1.54) is 37.2 Å². The molecule has 2 rings (SSSR count). The van der Waals surface area contributed by atoms with Crippen molar-refractivity contribution in [1.82, 2.24) is 5.32 Å². The number of thiol groups is 1. The van der Waals surface area contributed by atoms with Crippen molar-refractivity contribution in [1.29, 1.82) is 0 Å². The molecule has 1 aliphatic heterocycles. The molecule has 10 heavy (non-hydrogen) atoms. The molecule has 0 bridgehead atoms. The lowest BCUT2D eigenvalue weighted by Crippen LogP contribution is -2.20. The van der Waals surface area contributed by atoms with Gasteiger partial charge in [0.15, 0.2) is 0 Å². The van der Waals surface area contributed by atoms with Gasteiger partial charge >= 0.3 is 0 Å². The Morgan fingerprint density at radius 2 is 2.30 bits per heavy atom. The zero-order valence-electron chi connectivity index (χ0n) is 6.21. The van der Waals surface area contributed by atoms with Crippen LogP contribution in [0, 0.1) is 11.8 Å². The molecule has 2 unspecified atom stereocenters. The second kappa shape index (κ2) is 2.67. The van der Waals surface area contributed by atoms with Gasteiger partial charge in [0, 0.05) is 5.37 Å². The molecular formula is C8H15NS. The number of nitrogens with one attached hydrogen (secondary N) is 1. The summed E-state index contributed by atoms with van der Waals surface area (Å²) < 4.78 is 0. The lowest BCUT2D eigenvalue weighted by Gasteiger charge is -2.12. The highest BCUT2D eigenvalue weighted by Crippen LogP contribution is 2.39. The molecule has 1 aliphatic carbocycles. The van der Waals surface area contributed by atoms with E-state index in [4.69, 9.17) is 0 Å². The van der Waals surface area contributed by atoms with E-state index in [9.17, 15) is 0 Å². The van der Waals surface area contributed by atoms with Crippen LogP contribution < -0.4 is 5.32 Å². The highest BCUT2D eigenvalue weighted by Gasteiger charge is 2.37. The Kier molecular flexibility index (Phi) is 1.83. The van der Waals surface area contributed by atoms with Gasteiger partial charge in [0.2, 0.25) is 0 Å². The van der Waals surface area contributed by atoms with Crippen LogP contribution in [0.25, 0.3) is 0 Å². The van der Waals surface area contributed by atoms with Crippen molar-refractivity contribution in [3.05, 3.63) is 0 Å². The Balaban J connectivity index is 2.07. The van der Waals surface area contributed by atoms with Gasteiger partial charge in [-0.1, -0.05) is 12.3 Å². The third kappa shape index (κ3) is 0.940. The summed E-state index contributed by atoms with van der Waals surface area (Å²) in [6.07, 6.45) is 4.37. The van der Waals surface area contributed by atoms with E-state index in [2.05, 4.69) is 11.2 Å². The van der Waals surface area contributed by atoms with Crippen LogP contribution in [0.1, 0.15) is 19.3 Å². The van der Waals surface area contributed by atoms with Crippen molar-refractivity contribution >= 4 is 17.2 Å². The smallest absolute Gasteiger partial charge is 0.0482 e. The van der Waals surface area contributed by atoms with E-state index in [1.54, 1.807) is 0 Å². The van der Waals surface area contributed by atoms with Gasteiger partial charge in [-0.15, -0.1) is 0 Å². The average molecular weight is 157 g/mol. The SMILES string of the molecule is C=[SH][C@@H]1NCC2CCCC21. The molecule has 1 saturated heterocycles. The summed E-state index contributed by atoms with van der Waals surface area (Å²) in [7, 11) is 0. The van der Waals surface area contributed by atoms with Crippen LogP contribution in [0.4, 0.5) is 0 Å². The summed E-state index contributed by atoms with van der Waals surface area (Å²) in [6, 6.07) is 0. The van der Waals surface area contributed by atoms with Crippen LogP contribution in [0.2, 0.25) is 0 Å². The number of hydrogen-bond acceptors (Lipinski definition) is 1. The average Bonchev–Trinajstić information content (AvgIpc) is 2.44. The van der Waals surface area contributed by atoms with E-state index >= 15 is 0 Å². The standard InChI is InChI=1S/C8H15NS/c1-10-8-7-4-2-3-6(7)5-9-8/h6-10H,1-5H2/t6?,7?,8-/m0/s1. The van der Waals surface area contributed by atoms with E-state index in [1.807, 2.05) is 0 Å². The van der Waals surface area contributed by atoms with E-state index < -0.39 is 0 Å². The molecule has 0 aromatic rings. The maximum atomic E-state index is 3.94. The first kappa shape index (κ1) is 6.86. The molecule has 3 atom stereocenters. The Labute approximate surface area is 66.2 Å². The quantitative estimate of drug-likeness (QED) is 0.431. The van der Waals surface area contributed by atoms with Gasteiger partial charge in [0.25, 0.3) is 0 Å². The summed E-state index contributed by atoms with van der Waals surface area (Å²) >= 11 is 1.31. The fraction of sp³-hybridized carbons (Fsp3) is 0.875. The minimum atomic E-state index is 0.729. The molecule has 2 fully saturated rings. The van der Waals surface area contributed by atoms with Crippen LogP contribution in [0.15, 0.2) is 0 Å². The molecule has 1 N–H and O–H groups in total. The molecule has 0 spiro atoms. The van der Waals surface area contributed by atoms with Crippen molar-refractivity contribution in [2.45, 2.75) is 24.6 Å². The Morgan fingerprint density at radius 3 is 3.10 bits per heavy atom. The van der Waals surface area contributed by atoms with Gasteiger partial charge in [-0.25, -0.2) is 0 Å². The van der Waals surface area contributed by atoms with Gasteiger partial charge in [-0.05, 0) is 31.2 Å². The molecule has 58 valence electrons. The highest BCUT2D eigenvalue weighted by atomic mass is 32.1. The summed E-state index contributed by atoms with van der Waals surface area (Å²) in [5, 5.41) is 4.26. The maximum absolute atomic E-state index is 3.94. The molecular weight excluding hydrogens is 142 g/mol. The first-order valence-corrected chi connectivity index (χ1v) is 5.26. The largest absolute Gasteiger partial charge is 0.305 e. The predicted octanol–water partition coefficient (Wildman–Crippen LogP) is 1.23. The minimum absolute atomic E-state index is 0.729. The van der Waals surface area contributed by atoms with Crippen LogP contribution in [-0.2, 0) is 0 Å². The second-order valence-electron chi connectivity index (χ2n) is 3.39. The Morgan fingerprint density at radius 1 is 1.40 bits per heavy atom. The summed E-state index contributed by atoms with van der Waals surface area (Å²) in [4.78, 5) is 0. The predicted molar refractivity (Wildman–Crippen MR) is 48.7 cm³/mol. The normalized spacial score (nSPS) is 45.8. The lowest BCUT2D eigenvalue weighted by atomic mass is 10.0. The van der Waals surface area contributed by atoms with Crippen LogP contribution in [0.5, 0.6) is 0 Å². The zero-order valence-corrected chi connectivity index (χ0v) is 7.11. The maximum Gasteiger partial charge on any atom is 0.0482 e. The van der Waals surface area contributed by atoms with Gasteiger partial charge < -0.3 is 5.32 Å². The summed E-state index contributed by atoms with van der Waals surface area (Å²) in [6.45, 7) is 1.26. The van der Waals surface area contributed by atoms with Crippen LogP contribution in [-0.4, -0.2) is 17.8 Å². The fourth-order valence-electron chi connectivity index (χ4n) is 2.36. The third-order valence-corrected chi connectivity index (χ3v) is 3.87. The highest BCUT2D eigenvalue weighted by molar-refractivity contribution is 7.97. The van der Waals surface area contributed by atoms with Crippen molar-refractivity contribution < 1.29 is 0 Å². The molecule has 1 saturated carbocycles. The zero-order chi connectivity index (χ0) is 6.97. The number of fused-ring (bicyclic) bond motifs is 1. The molecule has 0 aromatic heterocycles. The van der Waals surface area contributed by atoms with Gasteiger partial charge in [-0.2, -0.15) is 11.4 Å². The van der Waals surface area contributed by atoms with Crippen molar-refractivity contribution in [2.75, 3.05) is 6.54 Å². The molecule has 1 nitrogen and oxygen atoms in total. The monoisotopic (exact) mass is 157 g/mol. The molecule has 2 aliphatic rings. The molecule has 0 amide bonds. The molecule has 0 radical (unpaired) electrons. The van der Waals surface area contributed by atoms with Crippen molar-refractivity contribution in [2.24, 2.45) is 11.8 Å². The van der Waals surface area contributed by atoms with Crippen molar-refractivity contribution in [3.8, 4) is 0 Å². The number of hydrogen-bond donors (Lipinski definition) is 2. The van der Waals surface area contributed by atoms with Crippen molar-refractivity contribution in [3.63, 3.8) is 0 Å². The van der Waals surface area contributed by atoms with E-state index in [0.29, 0.717) is 0 Å². The Bertz CT molecular complexity index is 146. The first-order valence-electron chi connectivity index (χ1n) is 4.11. The van der Waals surface area contributed by atoms with Gasteiger partial charge in [-0.3, -0.25) is 0 Å². The molecule has 2 heteroatoms. The molecule has 0 aromatic carbocycles. The second-order valence-corrected chi connectivity index (χ2v) is 4.31. The van der Waals surface area contributed by atoms with Crippen LogP contribution in [0.3, 0.4) is 0 Å². The lowest BCUT2D eigenvalue weighted by molar-refractivity contribution is 0.481. The van der Waals surface area contributed by atoms with Gasteiger partial charge in [0.05, 0.1) is 0 Å². The topological polar surface area (TPSA) is 12.0 Å². The summed E-state index contributed by atoms with van der Waals surface area (Å²) in [5.41, 5.74) is 0. The summed E-state index contributed by atoms with van der Waals surface area (Å²) in [5.74, 6) is 5.91. The van der Waals surface area contributed by atoms with E-state index in [0.717, 1.165) is 17.2 Å². The van der Waals surface area contributed by atoms with Crippen LogP contribution >= 0.6 is 11.4 Å². The van der Waals surface area contributed by atoms with Gasteiger partial charge in [0.1, 0.15) is 0 Å². The van der Waals surface area contributed by atoms with E-state index in [-0.39, 0.29) is 0 Å².